The summed E-state index contributed by atoms with van der Waals surface area (Å²) in [5, 5.41) is 10.8. The summed E-state index contributed by atoms with van der Waals surface area (Å²) in [6.07, 6.45) is -3.53. The molecule has 0 aliphatic heterocycles. The molecule has 5 nitrogen and oxygen atoms in total. The molecule has 0 aliphatic carbocycles. The molecule has 0 saturated heterocycles. The molecule has 0 bridgehead atoms. The Labute approximate surface area is 114 Å². The van der Waals surface area contributed by atoms with Gasteiger partial charge in [-0.1, -0.05) is 0 Å². The molecule has 0 unspecified atom stereocenters. The van der Waals surface area contributed by atoms with E-state index in [9.17, 15) is 13.2 Å². The zero-order chi connectivity index (χ0) is 14.9. The third kappa shape index (κ3) is 3.01. The molecule has 1 N–H and O–H groups in total. The van der Waals surface area contributed by atoms with E-state index in [4.69, 9.17) is 0 Å². The Morgan fingerprint density at radius 1 is 1.20 bits per heavy atom. The van der Waals surface area contributed by atoms with E-state index in [1.165, 1.54) is 11.7 Å². The van der Waals surface area contributed by atoms with Crippen molar-refractivity contribution in [3.63, 3.8) is 0 Å². The molecule has 8 heteroatoms. The molecule has 2 heterocycles. The van der Waals surface area contributed by atoms with E-state index in [1.54, 1.807) is 11.7 Å². The van der Waals surface area contributed by atoms with Gasteiger partial charge in [0.05, 0.1) is 28.8 Å². The number of rotatable bonds is 4. The first-order valence-electron chi connectivity index (χ1n) is 6.07. The van der Waals surface area contributed by atoms with Crippen molar-refractivity contribution in [2.45, 2.75) is 26.2 Å². The lowest BCUT2D eigenvalue weighted by molar-refractivity contribution is -0.138. The Balaban J connectivity index is 2.05. The van der Waals surface area contributed by atoms with E-state index >= 15 is 0 Å². The van der Waals surface area contributed by atoms with Crippen LogP contribution in [0.1, 0.15) is 22.6 Å². The van der Waals surface area contributed by atoms with E-state index < -0.39 is 11.7 Å². The number of nitrogens with one attached hydrogen (secondary N) is 1. The van der Waals surface area contributed by atoms with Crippen LogP contribution in [-0.4, -0.2) is 19.6 Å². The van der Waals surface area contributed by atoms with E-state index in [0.717, 1.165) is 17.6 Å². The van der Waals surface area contributed by atoms with Crippen molar-refractivity contribution in [2.24, 2.45) is 14.1 Å². The van der Waals surface area contributed by atoms with Crippen LogP contribution in [0, 0.1) is 6.92 Å². The van der Waals surface area contributed by atoms with Gasteiger partial charge in [-0.25, -0.2) is 0 Å². The largest absolute Gasteiger partial charge is 0.419 e. The summed E-state index contributed by atoms with van der Waals surface area (Å²) < 4.78 is 41.3. The number of nitrogens with zero attached hydrogens (tertiary/aromatic N) is 4. The smallest absolute Gasteiger partial charge is 0.306 e. The predicted molar refractivity (Wildman–Crippen MR) is 66.7 cm³/mol. The summed E-state index contributed by atoms with van der Waals surface area (Å²) in [4.78, 5) is 0. The summed E-state index contributed by atoms with van der Waals surface area (Å²) in [5.74, 6) is 0. The first-order valence-corrected chi connectivity index (χ1v) is 6.07. The number of aryl methyl sites for hydroxylation is 3. The van der Waals surface area contributed by atoms with E-state index in [2.05, 4.69) is 15.5 Å². The SMILES string of the molecule is Cc1cc(CNCc2c(C(F)(F)F)cnn2C)n(C)n1. The van der Waals surface area contributed by atoms with Crippen LogP contribution in [0.4, 0.5) is 13.2 Å². The van der Waals surface area contributed by atoms with Crippen molar-refractivity contribution in [3.8, 4) is 0 Å². The molecule has 0 fully saturated rings. The summed E-state index contributed by atoms with van der Waals surface area (Å²) in [7, 11) is 3.30. The highest BCUT2D eigenvalue weighted by Crippen LogP contribution is 2.31. The average Bonchev–Trinajstić information content (AvgIpc) is 2.83. The molecule has 2 aromatic heterocycles. The second-order valence-electron chi connectivity index (χ2n) is 4.63. The predicted octanol–water partition coefficient (Wildman–Crippen LogP) is 1.77. The van der Waals surface area contributed by atoms with Gasteiger partial charge in [-0.3, -0.25) is 9.36 Å². The zero-order valence-electron chi connectivity index (χ0n) is 11.5. The van der Waals surface area contributed by atoms with E-state index in [1.807, 2.05) is 13.0 Å². The van der Waals surface area contributed by atoms with Gasteiger partial charge >= 0.3 is 6.18 Å². The van der Waals surface area contributed by atoms with Crippen LogP contribution in [0.2, 0.25) is 0 Å². The van der Waals surface area contributed by atoms with Crippen LogP contribution in [0.25, 0.3) is 0 Å². The first kappa shape index (κ1) is 14.6. The molecule has 0 atom stereocenters. The molecule has 110 valence electrons. The van der Waals surface area contributed by atoms with Crippen molar-refractivity contribution in [1.82, 2.24) is 24.9 Å². The number of alkyl halides is 3. The molecular formula is C12H16F3N5. The number of aromatic nitrogens is 4. The maximum absolute atomic E-state index is 12.8. The van der Waals surface area contributed by atoms with Gasteiger partial charge in [0, 0.05) is 27.2 Å². The molecule has 2 aromatic rings. The van der Waals surface area contributed by atoms with Crippen LogP contribution in [-0.2, 0) is 33.4 Å². The quantitative estimate of drug-likeness (QED) is 0.932. The number of halogens is 3. The van der Waals surface area contributed by atoms with Crippen LogP contribution in [0.15, 0.2) is 12.3 Å². The highest BCUT2D eigenvalue weighted by atomic mass is 19.4. The van der Waals surface area contributed by atoms with Gasteiger partial charge in [0.2, 0.25) is 0 Å². The second-order valence-corrected chi connectivity index (χ2v) is 4.63. The third-order valence-electron chi connectivity index (χ3n) is 3.06. The molecule has 0 aromatic carbocycles. The minimum atomic E-state index is -4.38. The highest BCUT2D eigenvalue weighted by molar-refractivity contribution is 5.21. The summed E-state index contributed by atoms with van der Waals surface area (Å²) in [6, 6.07) is 1.89. The van der Waals surface area contributed by atoms with Crippen LogP contribution < -0.4 is 5.32 Å². The van der Waals surface area contributed by atoms with Crippen LogP contribution in [0.3, 0.4) is 0 Å². The standard InChI is InChI=1S/C12H16F3N5/c1-8-4-9(19(2)18-8)5-16-7-11-10(12(13,14)15)6-17-20(11)3/h4,6,16H,5,7H2,1-3H3. The maximum Gasteiger partial charge on any atom is 0.419 e. The fraction of sp³-hybridized carbons (Fsp3) is 0.500. The minimum Gasteiger partial charge on any atom is -0.306 e. The van der Waals surface area contributed by atoms with Crippen molar-refractivity contribution in [3.05, 3.63) is 34.9 Å². The molecule has 20 heavy (non-hydrogen) atoms. The molecule has 0 saturated carbocycles. The zero-order valence-corrected chi connectivity index (χ0v) is 11.5. The third-order valence-corrected chi connectivity index (χ3v) is 3.06. The number of hydrogen-bond acceptors (Lipinski definition) is 3. The molecule has 2 rings (SSSR count). The van der Waals surface area contributed by atoms with Crippen molar-refractivity contribution < 1.29 is 13.2 Å². The van der Waals surface area contributed by atoms with Gasteiger partial charge in [0.1, 0.15) is 0 Å². The Morgan fingerprint density at radius 3 is 2.45 bits per heavy atom. The fourth-order valence-electron chi connectivity index (χ4n) is 2.05. The monoisotopic (exact) mass is 287 g/mol. The summed E-state index contributed by atoms with van der Waals surface area (Å²) in [6.45, 7) is 2.40. The Bertz CT molecular complexity index is 597. The minimum absolute atomic E-state index is 0.0928. The molecule has 0 radical (unpaired) electrons. The van der Waals surface area contributed by atoms with Crippen molar-refractivity contribution in [2.75, 3.05) is 0 Å². The average molecular weight is 287 g/mol. The lowest BCUT2D eigenvalue weighted by Gasteiger charge is -2.10. The molecular weight excluding hydrogens is 271 g/mol. The second kappa shape index (κ2) is 5.28. The Hall–Kier alpha value is -1.83. The van der Waals surface area contributed by atoms with Gasteiger partial charge < -0.3 is 5.32 Å². The van der Waals surface area contributed by atoms with Crippen LogP contribution in [0.5, 0.6) is 0 Å². The van der Waals surface area contributed by atoms with Crippen LogP contribution >= 0.6 is 0 Å². The van der Waals surface area contributed by atoms with Gasteiger partial charge in [-0.05, 0) is 13.0 Å². The topological polar surface area (TPSA) is 47.7 Å². The maximum atomic E-state index is 12.8. The normalized spacial score (nSPS) is 12.1. The summed E-state index contributed by atoms with van der Waals surface area (Å²) >= 11 is 0. The molecule has 0 amide bonds. The van der Waals surface area contributed by atoms with E-state index in [-0.39, 0.29) is 12.2 Å². The van der Waals surface area contributed by atoms with E-state index in [0.29, 0.717) is 6.54 Å². The van der Waals surface area contributed by atoms with Gasteiger partial charge in [-0.2, -0.15) is 23.4 Å². The Morgan fingerprint density at radius 2 is 1.90 bits per heavy atom. The van der Waals surface area contributed by atoms with Gasteiger partial charge in [0.15, 0.2) is 0 Å². The number of hydrogen-bond donors (Lipinski definition) is 1. The lowest BCUT2D eigenvalue weighted by atomic mass is 10.2. The highest BCUT2D eigenvalue weighted by Gasteiger charge is 2.35. The molecule has 0 aliphatic rings. The van der Waals surface area contributed by atoms with Gasteiger partial charge in [0.25, 0.3) is 0 Å². The van der Waals surface area contributed by atoms with Crippen molar-refractivity contribution in [1.29, 1.82) is 0 Å². The molecule has 0 spiro atoms. The Kier molecular flexibility index (Phi) is 3.85. The summed E-state index contributed by atoms with van der Waals surface area (Å²) in [5.41, 5.74) is 1.21. The first-order chi connectivity index (χ1) is 9.29. The van der Waals surface area contributed by atoms with Gasteiger partial charge in [-0.15, -0.1) is 0 Å². The van der Waals surface area contributed by atoms with Crippen molar-refractivity contribution >= 4 is 0 Å². The lowest BCUT2D eigenvalue weighted by Crippen LogP contribution is -2.20. The fourth-order valence-corrected chi connectivity index (χ4v) is 2.05.